The zero-order valence-corrected chi connectivity index (χ0v) is 14.6. The molecule has 0 radical (unpaired) electrons. The summed E-state index contributed by atoms with van der Waals surface area (Å²) in [5.74, 6) is 0.164. The van der Waals surface area contributed by atoms with Crippen molar-refractivity contribution < 1.29 is 19.4 Å². The number of carboxylic acids is 1. The van der Waals surface area contributed by atoms with Gasteiger partial charge < -0.3 is 19.9 Å². The summed E-state index contributed by atoms with van der Waals surface area (Å²) in [4.78, 5) is 10.8. The molecule has 0 bridgehead atoms. The van der Waals surface area contributed by atoms with Crippen molar-refractivity contribution in [2.24, 2.45) is 0 Å². The van der Waals surface area contributed by atoms with Crippen molar-refractivity contribution >= 4 is 23.3 Å². The normalized spacial score (nSPS) is 10.5. The predicted octanol–water partition coefficient (Wildman–Crippen LogP) is 4.45. The Morgan fingerprint density at radius 2 is 1.92 bits per heavy atom. The molecule has 0 atom stereocenters. The maximum Gasteiger partial charge on any atom is 0.335 e. The number of ether oxygens (including phenoxy) is 2. The highest BCUT2D eigenvalue weighted by Crippen LogP contribution is 2.37. The van der Waals surface area contributed by atoms with Gasteiger partial charge in [-0.25, -0.2) is 4.79 Å². The van der Waals surface area contributed by atoms with E-state index in [9.17, 15) is 4.79 Å². The van der Waals surface area contributed by atoms with Crippen LogP contribution in [0.25, 0.3) is 0 Å². The number of rotatable bonds is 7. The smallest absolute Gasteiger partial charge is 0.335 e. The molecular formula is C18H20ClNO4. The molecule has 0 spiro atoms. The van der Waals surface area contributed by atoms with Crippen molar-refractivity contribution in [1.29, 1.82) is 0 Å². The summed E-state index contributed by atoms with van der Waals surface area (Å²) in [6.07, 6.45) is -0.00637. The fraction of sp³-hybridized carbons (Fsp3) is 0.278. The number of carbonyl (C=O) groups is 1. The van der Waals surface area contributed by atoms with Crippen LogP contribution >= 0.6 is 11.6 Å². The van der Waals surface area contributed by atoms with Crippen molar-refractivity contribution in [2.45, 2.75) is 26.5 Å². The van der Waals surface area contributed by atoms with Crippen LogP contribution in [0.3, 0.4) is 0 Å². The van der Waals surface area contributed by atoms with Gasteiger partial charge >= 0.3 is 5.97 Å². The highest BCUT2D eigenvalue weighted by molar-refractivity contribution is 6.32. The Balaban J connectivity index is 2.12. The van der Waals surface area contributed by atoms with Crippen LogP contribution in [-0.2, 0) is 6.54 Å². The van der Waals surface area contributed by atoms with Gasteiger partial charge in [-0.05, 0) is 55.8 Å². The van der Waals surface area contributed by atoms with E-state index in [1.807, 2.05) is 26.0 Å². The number of halogens is 1. The van der Waals surface area contributed by atoms with E-state index >= 15 is 0 Å². The first-order valence-corrected chi connectivity index (χ1v) is 7.88. The van der Waals surface area contributed by atoms with Gasteiger partial charge in [0.05, 0.1) is 23.8 Å². The van der Waals surface area contributed by atoms with E-state index in [0.717, 1.165) is 11.3 Å². The first kappa shape index (κ1) is 17.9. The second kappa shape index (κ2) is 7.93. The third kappa shape index (κ3) is 4.55. The molecule has 6 heteroatoms. The number of aromatic carboxylic acids is 1. The third-order valence-corrected chi connectivity index (χ3v) is 3.55. The van der Waals surface area contributed by atoms with Gasteiger partial charge in [-0.3, -0.25) is 0 Å². The van der Waals surface area contributed by atoms with E-state index in [0.29, 0.717) is 23.1 Å². The van der Waals surface area contributed by atoms with Crippen LogP contribution in [0.2, 0.25) is 5.02 Å². The van der Waals surface area contributed by atoms with Gasteiger partial charge in [0.25, 0.3) is 0 Å². The average Bonchev–Trinajstić information content (AvgIpc) is 2.55. The van der Waals surface area contributed by atoms with Crippen LogP contribution in [-0.4, -0.2) is 24.3 Å². The minimum Gasteiger partial charge on any atom is -0.493 e. The van der Waals surface area contributed by atoms with E-state index in [-0.39, 0.29) is 11.7 Å². The minimum absolute atomic E-state index is 0.00637. The van der Waals surface area contributed by atoms with Crippen LogP contribution in [0.4, 0.5) is 5.69 Å². The quantitative estimate of drug-likeness (QED) is 0.773. The molecule has 0 saturated carbocycles. The standard InChI is InChI=1S/C18H20ClNO4/c1-11(2)24-17-15(19)8-12(9-16(17)23-3)10-20-14-6-4-13(5-7-14)18(21)22/h4-9,11,20H,10H2,1-3H3,(H,21,22). The Hall–Kier alpha value is -2.40. The van der Waals surface area contributed by atoms with Crippen LogP contribution < -0.4 is 14.8 Å². The molecule has 5 nitrogen and oxygen atoms in total. The van der Waals surface area contributed by atoms with Gasteiger partial charge in [0.15, 0.2) is 11.5 Å². The lowest BCUT2D eigenvalue weighted by Gasteiger charge is -2.16. The largest absolute Gasteiger partial charge is 0.493 e. The number of anilines is 1. The Labute approximate surface area is 146 Å². The van der Waals surface area contributed by atoms with E-state index in [1.165, 1.54) is 0 Å². The lowest BCUT2D eigenvalue weighted by molar-refractivity contribution is 0.0697. The fourth-order valence-corrected chi connectivity index (χ4v) is 2.44. The Morgan fingerprint density at radius 3 is 2.46 bits per heavy atom. The number of carboxylic acid groups (broad SMARTS) is 1. The second-order valence-electron chi connectivity index (χ2n) is 5.51. The molecule has 2 rings (SSSR count). The number of hydrogen-bond acceptors (Lipinski definition) is 4. The first-order chi connectivity index (χ1) is 11.4. The molecule has 0 unspecified atom stereocenters. The van der Waals surface area contributed by atoms with Crippen molar-refractivity contribution in [3.63, 3.8) is 0 Å². The molecule has 0 aliphatic heterocycles. The molecule has 2 aromatic rings. The summed E-state index contributed by atoms with van der Waals surface area (Å²) in [5, 5.41) is 12.6. The summed E-state index contributed by atoms with van der Waals surface area (Å²) in [5.41, 5.74) is 1.99. The summed E-state index contributed by atoms with van der Waals surface area (Å²) in [6.45, 7) is 4.36. The molecule has 128 valence electrons. The predicted molar refractivity (Wildman–Crippen MR) is 94.5 cm³/mol. The molecule has 0 saturated heterocycles. The van der Waals surface area contributed by atoms with Crippen molar-refractivity contribution in [3.05, 3.63) is 52.5 Å². The van der Waals surface area contributed by atoms with Gasteiger partial charge in [0.2, 0.25) is 0 Å². The van der Waals surface area contributed by atoms with Crippen LogP contribution in [0, 0.1) is 0 Å². The molecule has 24 heavy (non-hydrogen) atoms. The molecule has 2 aromatic carbocycles. The van der Waals surface area contributed by atoms with Gasteiger partial charge in [0, 0.05) is 12.2 Å². The molecule has 0 amide bonds. The van der Waals surface area contributed by atoms with Crippen LogP contribution in [0.15, 0.2) is 36.4 Å². The van der Waals surface area contributed by atoms with E-state index in [2.05, 4.69) is 5.32 Å². The lowest BCUT2D eigenvalue weighted by Crippen LogP contribution is -2.08. The lowest BCUT2D eigenvalue weighted by atomic mass is 10.1. The van der Waals surface area contributed by atoms with Gasteiger partial charge in [0.1, 0.15) is 0 Å². The summed E-state index contributed by atoms with van der Waals surface area (Å²) in [6, 6.07) is 10.2. The highest BCUT2D eigenvalue weighted by atomic mass is 35.5. The van der Waals surface area contributed by atoms with Crippen LogP contribution in [0.1, 0.15) is 29.8 Å². The SMILES string of the molecule is COc1cc(CNc2ccc(C(=O)O)cc2)cc(Cl)c1OC(C)C. The number of benzene rings is 2. The number of methoxy groups -OCH3 is 1. The monoisotopic (exact) mass is 349 g/mol. The molecule has 0 fully saturated rings. The topological polar surface area (TPSA) is 67.8 Å². The fourth-order valence-electron chi connectivity index (χ4n) is 2.16. The van der Waals surface area contributed by atoms with Crippen LogP contribution in [0.5, 0.6) is 11.5 Å². The Morgan fingerprint density at radius 1 is 1.25 bits per heavy atom. The molecule has 0 heterocycles. The third-order valence-electron chi connectivity index (χ3n) is 3.27. The summed E-state index contributed by atoms with van der Waals surface area (Å²) in [7, 11) is 1.57. The molecular weight excluding hydrogens is 330 g/mol. The molecule has 0 aliphatic carbocycles. The zero-order chi connectivity index (χ0) is 17.7. The average molecular weight is 350 g/mol. The van der Waals surface area contributed by atoms with E-state index in [1.54, 1.807) is 31.4 Å². The zero-order valence-electron chi connectivity index (χ0n) is 13.8. The van der Waals surface area contributed by atoms with E-state index in [4.69, 9.17) is 26.2 Å². The molecule has 0 aliphatic rings. The van der Waals surface area contributed by atoms with Gasteiger partial charge in [-0.15, -0.1) is 0 Å². The Kier molecular flexibility index (Phi) is 5.93. The number of nitrogens with one attached hydrogen (secondary N) is 1. The van der Waals surface area contributed by atoms with E-state index < -0.39 is 5.97 Å². The maximum atomic E-state index is 10.8. The Bertz CT molecular complexity index is 714. The van der Waals surface area contributed by atoms with Crippen molar-refractivity contribution in [3.8, 4) is 11.5 Å². The summed E-state index contributed by atoms with van der Waals surface area (Å²) >= 11 is 6.30. The summed E-state index contributed by atoms with van der Waals surface area (Å²) < 4.78 is 11.0. The van der Waals surface area contributed by atoms with Crippen molar-refractivity contribution in [2.75, 3.05) is 12.4 Å². The number of hydrogen-bond donors (Lipinski definition) is 2. The van der Waals surface area contributed by atoms with Gasteiger partial charge in [-0.1, -0.05) is 11.6 Å². The highest BCUT2D eigenvalue weighted by Gasteiger charge is 2.13. The van der Waals surface area contributed by atoms with Gasteiger partial charge in [-0.2, -0.15) is 0 Å². The second-order valence-corrected chi connectivity index (χ2v) is 5.92. The maximum absolute atomic E-state index is 10.8. The molecule has 2 N–H and O–H groups in total. The first-order valence-electron chi connectivity index (χ1n) is 7.51. The van der Waals surface area contributed by atoms with Crippen molar-refractivity contribution in [1.82, 2.24) is 0 Å². The minimum atomic E-state index is -0.946. The molecule has 0 aromatic heterocycles.